The summed E-state index contributed by atoms with van der Waals surface area (Å²) in [6.45, 7) is 4.73. The van der Waals surface area contributed by atoms with E-state index >= 15 is 0 Å². The fraction of sp³-hybridized carbons (Fsp3) is 0.333. The molecule has 5 heteroatoms. The summed E-state index contributed by atoms with van der Waals surface area (Å²) in [7, 11) is 0. The normalized spacial score (nSPS) is 22.4. The van der Waals surface area contributed by atoms with E-state index in [0.29, 0.717) is 5.96 Å². The maximum Gasteiger partial charge on any atom is 0.262 e. The van der Waals surface area contributed by atoms with Crippen LogP contribution in [-0.2, 0) is 11.3 Å². The molecule has 0 bridgehead atoms. The van der Waals surface area contributed by atoms with Crippen LogP contribution in [-0.4, -0.2) is 26.7 Å². The molecule has 1 fully saturated rings. The van der Waals surface area contributed by atoms with Crippen molar-refractivity contribution in [3.8, 4) is 0 Å². The van der Waals surface area contributed by atoms with E-state index in [4.69, 9.17) is 0 Å². The van der Waals surface area contributed by atoms with Gasteiger partial charge in [0, 0.05) is 12.1 Å². The second-order valence-electron chi connectivity index (χ2n) is 4.41. The van der Waals surface area contributed by atoms with Gasteiger partial charge in [0.2, 0.25) is 5.96 Å². The van der Waals surface area contributed by atoms with Crippen LogP contribution in [0, 0.1) is 6.92 Å². The molecule has 2 aliphatic rings. The van der Waals surface area contributed by atoms with E-state index in [1.165, 1.54) is 15.1 Å². The molecule has 0 aromatic heterocycles. The number of hydrogen-bond acceptors (Lipinski definition) is 3. The van der Waals surface area contributed by atoms with Gasteiger partial charge in [0.1, 0.15) is 6.04 Å². The van der Waals surface area contributed by atoms with Gasteiger partial charge in [-0.25, -0.2) is 8.92 Å². The van der Waals surface area contributed by atoms with E-state index in [9.17, 15) is 4.79 Å². The molecule has 88 valence electrons. The molecule has 0 N–H and O–H groups in total. The smallest absolute Gasteiger partial charge is 0.262 e. The Bertz CT molecular complexity index is 541. The molecule has 2 heterocycles. The van der Waals surface area contributed by atoms with Crippen LogP contribution in [0.4, 0.5) is 5.69 Å². The largest absolute Gasteiger partial charge is 0.325 e. The topological polar surface area (TPSA) is 35.9 Å². The van der Waals surface area contributed by atoms with Crippen LogP contribution in [0.5, 0.6) is 0 Å². The van der Waals surface area contributed by atoms with Crippen molar-refractivity contribution in [2.45, 2.75) is 26.4 Å². The van der Waals surface area contributed by atoms with Crippen LogP contribution in [0.3, 0.4) is 0 Å². The fourth-order valence-corrected chi connectivity index (χ4v) is 2.85. The Morgan fingerprint density at radius 1 is 1.47 bits per heavy atom. The number of hydrogen-bond donors (Lipinski definition) is 0. The number of carbonyl (C=O) groups is 1. The number of rotatable bonds is 0. The summed E-state index contributed by atoms with van der Waals surface area (Å²) in [4.78, 5) is 18.4. The minimum atomic E-state index is -0.152. The van der Waals surface area contributed by atoms with E-state index in [-0.39, 0.29) is 11.9 Å². The van der Waals surface area contributed by atoms with Gasteiger partial charge in [0.05, 0.1) is 21.8 Å². The van der Waals surface area contributed by atoms with E-state index in [1.807, 2.05) is 24.0 Å². The number of guanidine groups is 1. The lowest BCUT2D eigenvalue weighted by molar-refractivity contribution is -0.124. The number of nitrogens with zero attached hydrogens (tertiary/aromatic N) is 3. The van der Waals surface area contributed by atoms with Crippen LogP contribution in [0.25, 0.3) is 0 Å². The maximum atomic E-state index is 11.9. The average Bonchev–Trinajstić information content (AvgIpc) is 2.54. The Kier molecular flexibility index (Phi) is 2.26. The predicted molar refractivity (Wildman–Crippen MR) is 69.1 cm³/mol. The zero-order valence-electron chi connectivity index (χ0n) is 9.64. The van der Waals surface area contributed by atoms with Crippen molar-refractivity contribution in [1.29, 1.82) is 0 Å². The number of amides is 1. The van der Waals surface area contributed by atoms with E-state index in [2.05, 4.69) is 34.1 Å². The summed E-state index contributed by atoms with van der Waals surface area (Å²) < 4.78 is 1.46. The first kappa shape index (κ1) is 10.8. The number of carbonyl (C=O) groups excluding carboxylic acids is 1. The third-order valence-corrected chi connectivity index (χ3v) is 4.05. The zero-order valence-corrected chi connectivity index (χ0v) is 11.2. The molecule has 17 heavy (non-hydrogen) atoms. The van der Waals surface area contributed by atoms with Crippen LogP contribution >= 0.6 is 16.1 Å². The van der Waals surface area contributed by atoms with Crippen LogP contribution in [0.2, 0.25) is 0 Å². The summed E-state index contributed by atoms with van der Waals surface area (Å²) >= 11 is 3.27. The van der Waals surface area contributed by atoms with Crippen molar-refractivity contribution >= 4 is 33.7 Å². The van der Waals surface area contributed by atoms with E-state index in [1.54, 1.807) is 0 Å². The Balaban J connectivity index is 2.14. The Morgan fingerprint density at radius 3 is 3.00 bits per heavy atom. The Morgan fingerprint density at radius 2 is 2.24 bits per heavy atom. The minimum absolute atomic E-state index is 0.0363. The average molecular weight is 294 g/mol. The van der Waals surface area contributed by atoms with Gasteiger partial charge in [0.25, 0.3) is 5.91 Å². The van der Waals surface area contributed by atoms with Crippen molar-refractivity contribution in [2.24, 2.45) is 4.99 Å². The highest BCUT2D eigenvalue weighted by Crippen LogP contribution is 2.34. The predicted octanol–water partition coefficient (Wildman–Crippen LogP) is 2.34. The molecule has 1 aromatic rings. The van der Waals surface area contributed by atoms with Crippen LogP contribution < -0.4 is 0 Å². The molecule has 0 aliphatic carbocycles. The minimum Gasteiger partial charge on any atom is -0.325 e. The first-order valence-electron chi connectivity index (χ1n) is 5.53. The van der Waals surface area contributed by atoms with Crippen molar-refractivity contribution in [1.82, 2.24) is 8.83 Å². The second kappa shape index (κ2) is 3.57. The monoisotopic (exact) mass is 293 g/mol. The second-order valence-corrected chi connectivity index (χ2v) is 5.12. The Hall–Kier alpha value is -1.36. The third-order valence-electron chi connectivity index (χ3n) is 3.39. The van der Waals surface area contributed by atoms with Gasteiger partial charge in [-0.1, -0.05) is 12.1 Å². The lowest BCUT2D eigenvalue weighted by Crippen LogP contribution is -2.35. The molecule has 4 nitrogen and oxygen atoms in total. The lowest BCUT2D eigenvalue weighted by atomic mass is 10.0. The number of fused-ring (bicyclic) bond motifs is 2. The summed E-state index contributed by atoms with van der Waals surface area (Å²) in [6, 6.07) is 5.91. The van der Waals surface area contributed by atoms with Gasteiger partial charge in [0.15, 0.2) is 0 Å². The molecule has 0 saturated carbocycles. The molecule has 1 atom stereocenters. The van der Waals surface area contributed by atoms with Gasteiger partial charge in [-0.3, -0.25) is 4.79 Å². The van der Waals surface area contributed by atoms with Crippen LogP contribution in [0.1, 0.15) is 18.1 Å². The standard InChI is InChI=1S/C12H12BrN3O/c1-7-4-3-5-10-9(7)6-15-8(2)11(17)16(13)12(15)14-10/h3-5,8H,6H2,1-2H3. The van der Waals surface area contributed by atoms with Gasteiger partial charge in [-0.2, -0.15) is 0 Å². The van der Waals surface area contributed by atoms with Gasteiger partial charge in [-0.05, 0) is 25.5 Å². The molecule has 2 aliphatic heterocycles. The third kappa shape index (κ3) is 1.42. The molecule has 3 rings (SSSR count). The van der Waals surface area contributed by atoms with Crippen LogP contribution in [0.15, 0.2) is 23.2 Å². The summed E-state index contributed by atoms with van der Waals surface area (Å²) in [6.07, 6.45) is 0. The molecular formula is C12H12BrN3O. The summed E-state index contributed by atoms with van der Waals surface area (Å²) in [5.41, 5.74) is 3.39. The highest BCUT2D eigenvalue weighted by molar-refractivity contribution is 9.08. The summed E-state index contributed by atoms with van der Waals surface area (Å²) in [5, 5.41) is 0. The lowest BCUT2D eigenvalue weighted by Gasteiger charge is -2.27. The first-order valence-corrected chi connectivity index (χ1v) is 6.24. The fourth-order valence-electron chi connectivity index (χ4n) is 2.27. The van der Waals surface area contributed by atoms with Crippen molar-refractivity contribution in [3.05, 3.63) is 29.3 Å². The molecule has 1 unspecified atom stereocenters. The number of aliphatic imine (C=N–C) groups is 1. The summed E-state index contributed by atoms with van der Waals surface area (Å²) in [5.74, 6) is 0.731. The number of aryl methyl sites for hydroxylation is 1. The molecule has 0 radical (unpaired) electrons. The quantitative estimate of drug-likeness (QED) is 0.689. The maximum absolute atomic E-state index is 11.9. The number of benzene rings is 1. The van der Waals surface area contributed by atoms with E-state index in [0.717, 1.165) is 12.2 Å². The van der Waals surface area contributed by atoms with E-state index < -0.39 is 0 Å². The van der Waals surface area contributed by atoms with Crippen molar-refractivity contribution in [3.63, 3.8) is 0 Å². The van der Waals surface area contributed by atoms with Crippen molar-refractivity contribution < 1.29 is 4.79 Å². The zero-order chi connectivity index (χ0) is 12.2. The van der Waals surface area contributed by atoms with Gasteiger partial charge < -0.3 is 4.90 Å². The van der Waals surface area contributed by atoms with Crippen molar-refractivity contribution in [2.75, 3.05) is 0 Å². The number of halogens is 1. The molecule has 1 aromatic carbocycles. The molecule has 1 amide bonds. The van der Waals surface area contributed by atoms with Gasteiger partial charge >= 0.3 is 0 Å². The molecule has 1 saturated heterocycles. The van der Waals surface area contributed by atoms with Gasteiger partial charge in [-0.15, -0.1) is 0 Å². The highest BCUT2D eigenvalue weighted by Gasteiger charge is 2.41. The molecular weight excluding hydrogens is 282 g/mol. The SMILES string of the molecule is Cc1cccc2c1CN1C(=N2)N(Br)C(=O)C1C. The molecule has 0 spiro atoms. The highest BCUT2D eigenvalue weighted by atomic mass is 79.9. The Labute approximate surface area is 108 Å². The first-order chi connectivity index (χ1) is 8.09.